The normalized spacial score (nSPS) is 18.6. The van der Waals surface area contributed by atoms with E-state index < -0.39 is 5.60 Å². The van der Waals surface area contributed by atoms with Crippen molar-refractivity contribution in [2.45, 2.75) is 58.5 Å². The van der Waals surface area contributed by atoms with Gasteiger partial charge in [0, 0.05) is 31.7 Å². The van der Waals surface area contributed by atoms with Crippen LogP contribution >= 0.6 is 0 Å². The van der Waals surface area contributed by atoms with Crippen molar-refractivity contribution in [1.29, 1.82) is 0 Å². The summed E-state index contributed by atoms with van der Waals surface area (Å²) >= 11 is 0. The number of amides is 2. The van der Waals surface area contributed by atoms with Crippen LogP contribution in [0.5, 0.6) is 0 Å². The fourth-order valence-electron chi connectivity index (χ4n) is 4.46. The summed E-state index contributed by atoms with van der Waals surface area (Å²) in [6.45, 7) is 8.43. The Morgan fingerprint density at radius 1 is 0.935 bits per heavy atom. The van der Waals surface area contributed by atoms with Gasteiger partial charge in [-0.2, -0.15) is 0 Å². The van der Waals surface area contributed by atoms with Crippen LogP contribution in [-0.2, 0) is 20.7 Å². The van der Waals surface area contributed by atoms with Gasteiger partial charge in [0.05, 0.1) is 13.5 Å². The second-order valence-electron chi connectivity index (χ2n) is 9.67. The van der Waals surface area contributed by atoms with Gasteiger partial charge < -0.3 is 19.3 Å². The zero-order valence-electron chi connectivity index (χ0n) is 19.1. The largest absolute Gasteiger partial charge is 0.469 e. The lowest BCUT2D eigenvalue weighted by atomic mass is 9.71. The Bertz CT molecular complexity index is 812. The molecule has 2 heterocycles. The fraction of sp³-hybridized carbons (Fsp3) is 0.625. The number of hydrogen-bond acceptors (Lipinski definition) is 5. The molecule has 3 rings (SSSR count). The molecule has 31 heavy (non-hydrogen) atoms. The second-order valence-corrected chi connectivity index (χ2v) is 9.67. The minimum atomic E-state index is -0.484. The molecule has 0 aliphatic carbocycles. The Morgan fingerprint density at radius 2 is 1.48 bits per heavy atom. The van der Waals surface area contributed by atoms with Crippen molar-refractivity contribution >= 4 is 18.0 Å². The molecule has 1 aromatic rings. The molecule has 1 aromatic carbocycles. The number of nitrogens with zero attached hydrogens (tertiary/aromatic N) is 2. The van der Waals surface area contributed by atoms with Crippen molar-refractivity contribution in [3.05, 3.63) is 35.4 Å². The van der Waals surface area contributed by atoms with E-state index in [1.165, 1.54) is 7.11 Å². The van der Waals surface area contributed by atoms with Gasteiger partial charge in [-0.3, -0.25) is 9.59 Å². The molecule has 0 atom stereocenters. The number of hydrogen-bond donors (Lipinski definition) is 0. The summed E-state index contributed by atoms with van der Waals surface area (Å²) in [4.78, 5) is 40.9. The van der Waals surface area contributed by atoms with Gasteiger partial charge in [0.15, 0.2) is 0 Å². The van der Waals surface area contributed by atoms with E-state index in [0.717, 1.165) is 25.7 Å². The number of rotatable bonds is 3. The molecule has 2 saturated heterocycles. The van der Waals surface area contributed by atoms with E-state index in [9.17, 15) is 14.4 Å². The van der Waals surface area contributed by atoms with E-state index in [0.29, 0.717) is 37.3 Å². The summed E-state index contributed by atoms with van der Waals surface area (Å²) in [5.74, 6) is -0.380. The molecule has 2 fully saturated rings. The summed E-state index contributed by atoms with van der Waals surface area (Å²) in [5.41, 5.74) is 0.969. The molecule has 1 spiro atoms. The summed E-state index contributed by atoms with van der Waals surface area (Å²) in [5, 5.41) is 0. The van der Waals surface area contributed by atoms with E-state index >= 15 is 0 Å². The third-order valence-electron chi connectivity index (χ3n) is 6.40. The smallest absolute Gasteiger partial charge is 0.410 e. The molecule has 170 valence electrons. The van der Waals surface area contributed by atoms with Crippen LogP contribution in [0.4, 0.5) is 4.79 Å². The van der Waals surface area contributed by atoms with Crippen molar-refractivity contribution in [2.24, 2.45) is 5.41 Å². The Kier molecular flexibility index (Phi) is 6.92. The minimum Gasteiger partial charge on any atom is -0.469 e. The highest BCUT2D eigenvalue weighted by molar-refractivity contribution is 5.96. The van der Waals surface area contributed by atoms with Crippen molar-refractivity contribution in [3.8, 4) is 0 Å². The third-order valence-corrected chi connectivity index (χ3v) is 6.40. The molecule has 0 radical (unpaired) electrons. The number of ether oxygens (including phenoxy) is 2. The van der Waals surface area contributed by atoms with Crippen LogP contribution in [0.25, 0.3) is 0 Å². The molecular formula is C24H34N2O5. The average molecular weight is 431 g/mol. The number of likely N-dealkylation sites (tertiary alicyclic amines) is 2. The van der Waals surface area contributed by atoms with Crippen LogP contribution in [0.2, 0.25) is 0 Å². The Labute approximate surface area is 184 Å². The third kappa shape index (κ3) is 5.77. The van der Waals surface area contributed by atoms with Crippen LogP contribution in [0.15, 0.2) is 24.3 Å². The van der Waals surface area contributed by atoms with Crippen molar-refractivity contribution in [1.82, 2.24) is 9.80 Å². The minimum absolute atomic E-state index is 0.0273. The number of benzene rings is 1. The Balaban J connectivity index is 1.56. The molecular weight excluding hydrogens is 396 g/mol. The number of esters is 1. The number of piperidine rings is 2. The first kappa shape index (κ1) is 23.1. The highest BCUT2D eigenvalue weighted by atomic mass is 16.6. The SMILES string of the molecule is COC(=O)Cc1ccccc1C(=O)N1CCC2(CCN(C(=O)OC(C)(C)C)CC2)CC1. The van der Waals surface area contributed by atoms with E-state index in [1.807, 2.05) is 43.9 Å². The standard InChI is InChI=1S/C24H34N2O5/c1-23(2,3)31-22(29)26-15-11-24(12-16-26)9-13-25(14-10-24)21(28)19-8-6-5-7-18(19)17-20(27)30-4/h5-8H,9-17H2,1-4H3. The van der Waals surface area contributed by atoms with Crippen molar-refractivity contribution in [3.63, 3.8) is 0 Å². The molecule has 0 unspecified atom stereocenters. The van der Waals surface area contributed by atoms with Crippen LogP contribution in [0.1, 0.15) is 62.4 Å². The van der Waals surface area contributed by atoms with E-state index in [-0.39, 0.29) is 29.8 Å². The average Bonchev–Trinajstić information content (AvgIpc) is 2.73. The summed E-state index contributed by atoms with van der Waals surface area (Å²) < 4.78 is 10.3. The molecule has 2 aliphatic rings. The lowest BCUT2D eigenvalue weighted by molar-refractivity contribution is -0.139. The monoisotopic (exact) mass is 430 g/mol. The van der Waals surface area contributed by atoms with E-state index in [2.05, 4.69) is 0 Å². The first-order valence-corrected chi connectivity index (χ1v) is 11.0. The first-order valence-electron chi connectivity index (χ1n) is 11.0. The zero-order valence-corrected chi connectivity index (χ0v) is 19.1. The number of methoxy groups -OCH3 is 1. The summed E-state index contributed by atoms with van der Waals surface area (Å²) in [6, 6.07) is 7.25. The molecule has 0 saturated carbocycles. The van der Waals surface area contributed by atoms with Gasteiger partial charge in [0.1, 0.15) is 5.60 Å². The predicted octanol–water partition coefficient (Wildman–Crippen LogP) is 3.66. The van der Waals surface area contributed by atoms with Crippen LogP contribution in [0.3, 0.4) is 0 Å². The van der Waals surface area contributed by atoms with Crippen LogP contribution < -0.4 is 0 Å². The van der Waals surface area contributed by atoms with Crippen LogP contribution in [0, 0.1) is 5.41 Å². The van der Waals surface area contributed by atoms with Gasteiger partial charge in [0.2, 0.25) is 0 Å². The zero-order chi connectivity index (χ0) is 22.6. The lowest BCUT2D eigenvalue weighted by Crippen LogP contribution is -2.50. The maximum atomic E-state index is 13.1. The van der Waals surface area contributed by atoms with Gasteiger partial charge in [-0.1, -0.05) is 18.2 Å². The number of carbonyl (C=O) groups excluding carboxylic acids is 3. The van der Waals surface area contributed by atoms with Gasteiger partial charge in [-0.15, -0.1) is 0 Å². The first-order chi connectivity index (χ1) is 14.6. The topological polar surface area (TPSA) is 76.2 Å². The molecule has 0 N–H and O–H groups in total. The van der Waals surface area contributed by atoms with Gasteiger partial charge >= 0.3 is 12.1 Å². The van der Waals surface area contributed by atoms with Crippen molar-refractivity contribution in [2.75, 3.05) is 33.3 Å². The Morgan fingerprint density at radius 3 is 2.03 bits per heavy atom. The summed E-state index contributed by atoms with van der Waals surface area (Å²) in [7, 11) is 1.35. The molecule has 7 nitrogen and oxygen atoms in total. The van der Waals surface area contributed by atoms with E-state index in [4.69, 9.17) is 9.47 Å². The number of carbonyl (C=O) groups is 3. The highest BCUT2D eigenvalue weighted by Crippen LogP contribution is 2.41. The van der Waals surface area contributed by atoms with Crippen molar-refractivity contribution < 1.29 is 23.9 Å². The maximum absolute atomic E-state index is 13.1. The van der Waals surface area contributed by atoms with E-state index in [1.54, 1.807) is 11.0 Å². The second kappa shape index (κ2) is 9.28. The summed E-state index contributed by atoms with van der Waals surface area (Å²) in [6.07, 6.45) is 3.59. The van der Waals surface area contributed by atoms with Crippen LogP contribution in [-0.4, -0.2) is 66.7 Å². The Hall–Kier alpha value is -2.57. The van der Waals surface area contributed by atoms with Gasteiger partial charge in [-0.05, 0) is 63.5 Å². The molecule has 2 amide bonds. The van der Waals surface area contributed by atoms with Gasteiger partial charge in [-0.25, -0.2) is 4.79 Å². The highest BCUT2D eigenvalue weighted by Gasteiger charge is 2.40. The quantitative estimate of drug-likeness (QED) is 0.684. The van der Waals surface area contributed by atoms with Gasteiger partial charge in [0.25, 0.3) is 5.91 Å². The predicted molar refractivity (Wildman–Crippen MR) is 117 cm³/mol. The maximum Gasteiger partial charge on any atom is 0.410 e. The molecule has 0 aromatic heterocycles. The molecule has 7 heteroatoms. The fourth-order valence-corrected chi connectivity index (χ4v) is 4.46. The lowest BCUT2D eigenvalue weighted by Gasteiger charge is -2.46. The molecule has 2 aliphatic heterocycles. The molecule has 0 bridgehead atoms.